The van der Waals surface area contributed by atoms with Gasteiger partial charge in [-0.05, 0) is 61.6 Å². The van der Waals surface area contributed by atoms with Crippen LogP contribution in [0.5, 0.6) is 0 Å². The molecule has 1 amide bonds. The van der Waals surface area contributed by atoms with Crippen molar-refractivity contribution in [3.63, 3.8) is 0 Å². The molecule has 0 atom stereocenters. The number of carboxylic acids is 1. The molecule has 0 unspecified atom stereocenters. The third kappa shape index (κ3) is 2.61. The Balaban J connectivity index is 2.11. The maximum atomic E-state index is 12.5. The lowest BCUT2D eigenvalue weighted by Crippen LogP contribution is -2.23. The van der Waals surface area contributed by atoms with E-state index in [-0.39, 0.29) is 5.91 Å². The molecule has 6 heteroatoms. The number of halogens is 1. The van der Waals surface area contributed by atoms with Crippen molar-refractivity contribution in [1.82, 2.24) is 10.3 Å². The topological polar surface area (TPSA) is 82.2 Å². The quantitative estimate of drug-likeness (QED) is 0.614. The van der Waals surface area contributed by atoms with Crippen LogP contribution in [0.1, 0.15) is 43.0 Å². The maximum absolute atomic E-state index is 12.5. The van der Waals surface area contributed by atoms with Crippen LogP contribution < -0.4 is 5.32 Å². The van der Waals surface area contributed by atoms with Crippen LogP contribution in [0.3, 0.4) is 0 Å². The number of aromatic nitrogens is 1. The van der Waals surface area contributed by atoms with Crippen molar-refractivity contribution < 1.29 is 14.7 Å². The van der Waals surface area contributed by atoms with Crippen molar-refractivity contribution in [3.8, 4) is 11.3 Å². The Hall–Kier alpha value is -2.79. The molecule has 0 saturated carbocycles. The Labute approximate surface area is 161 Å². The summed E-state index contributed by atoms with van der Waals surface area (Å²) < 4.78 is 0. The van der Waals surface area contributed by atoms with E-state index in [9.17, 15) is 14.7 Å². The molecule has 2 heterocycles. The Morgan fingerprint density at radius 3 is 2.59 bits per heavy atom. The number of hydrogen-bond acceptors (Lipinski definition) is 2. The summed E-state index contributed by atoms with van der Waals surface area (Å²) in [6.45, 7) is 6.15. The van der Waals surface area contributed by atoms with Gasteiger partial charge in [0.1, 0.15) is 0 Å². The molecule has 2 aromatic carbocycles. The van der Waals surface area contributed by atoms with E-state index in [1.54, 1.807) is 6.07 Å². The molecule has 0 aliphatic carbocycles. The summed E-state index contributed by atoms with van der Waals surface area (Å²) in [5, 5.41) is 13.9. The minimum absolute atomic E-state index is 0.143. The number of benzene rings is 2. The summed E-state index contributed by atoms with van der Waals surface area (Å²) in [7, 11) is 0. The highest BCUT2D eigenvalue weighted by Crippen LogP contribution is 2.39. The second-order valence-corrected chi connectivity index (χ2v) is 7.49. The van der Waals surface area contributed by atoms with Gasteiger partial charge in [0, 0.05) is 28.0 Å². The SMILES string of the molecule is Cc1cc(C)c(-c2[nH]c3cc(Cl)cc4c3c2CCNC4=O)c(C)c1C(=O)O. The molecular formula is C21H19ClN2O3. The molecule has 0 saturated heterocycles. The van der Waals surface area contributed by atoms with Gasteiger partial charge in [0.25, 0.3) is 5.91 Å². The van der Waals surface area contributed by atoms with E-state index in [1.165, 1.54) is 0 Å². The molecule has 4 rings (SSSR count). The summed E-state index contributed by atoms with van der Waals surface area (Å²) in [6, 6.07) is 5.39. The number of H-pyrrole nitrogens is 1. The standard InChI is InChI=1S/C21H19ClN2O3/c1-9-6-10(2)17(21(26)27)11(3)16(9)19-13-4-5-23-20(25)14-7-12(22)8-15(24-19)18(13)14/h6-8,24H,4-5H2,1-3H3,(H,23,25)(H,26,27). The average Bonchev–Trinajstić information content (AvgIpc) is 2.81. The Kier molecular flexibility index (Phi) is 4.00. The largest absolute Gasteiger partial charge is 0.478 e. The van der Waals surface area contributed by atoms with E-state index >= 15 is 0 Å². The minimum atomic E-state index is -0.936. The normalized spacial score (nSPS) is 13.6. The van der Waals surface area contributed by atoms with Gasteiger partial charge >= 0.3 is 5.97 Å². The molecule has 138 valence electrons. The van der Waals surface area contributed by atoms with Crippen LogP contribution in [0.15, 0.2) is 18.2 Å². The number of rotatable bonds is 2. The first kappa shape index (κ1) is 17.6. The van der Waals surface area contributed by atoms with Crippen LogP contribution in [0, 0.1) is 20.8 Å². The second kappa shape index (κ2) is 6.13. The molecule has 1 aromatic heterocycles. The summed E-state index contributed by atoms with van der Waals surface area (Å²) >= 11 is 6.23. The van der Waals surface area contributed by atoms with E-state index < -0.39 is 5.97 Å². The Morgan fingerprint density at radius 2 is 1.89 bits per heavy atom. The zero-order valence-corrected chi connectivity index (χ0v) is 16.0. The van der Waals surface area contributed by atoms with Gasteiger partial charge in [-0.1, -0.05) is 17.7 Å². The van der Waals surface area contributed by atoms with E-state index in [0.29, 0.717) is 29.1 Å². The van der Waals surface area contributed by atoms with Gasteiger partial charge in [-0.3, -0.25) is 4.79 Å². The lowest BCUT2D eigenvalue weighted by Gasteiger charge is -2.15. The van der Waals surface area contributed by atoms with Crippen LogP contribution in [-0.2, 0) is 6.42 Å². The number of carbonyl (C=O) groups excluding carboxylic acids is 1. The maximum Gasteiger partial charge on any atom is 0.336 e. The number of aromatic amines is 1. The van der Waals surface area contributed by atoms with Crippen LogP contribution in [0.4, 0.5) is 0 Å². The number of carbonyl (C=O) groups is 2. The number of aryl methyl sites for hydroxylation is 2. The molecule has 27 heavy (non-hydrogen) atoms. The van der Waals surface area contributed by atoms with Gasteiger partial charge in [-0.25, -0.2) is 4.79 Å². The third-order valence-corrected chi connectivity index (χ3v) is 5.53. The van der Waals surface area contributed by atoms with Gasteiger partial charge in [-0.2, -0.15) is 0 Å². The first-order chi connectivity index (χ1) is 12.8. The van der Waals surface area contributed by atoms with Crippen molar-refractivity contribution in [2.24, 2.45) is 0 Å². The summed E-state index contributed by atoms with van der Waals surface area (Å²) in [4.78, 5) is 27.7. The molecular weight excluding hydrogens is 364 g/mol. The van der Waals surface area contributed by atoms with Crippen LogP contribution in [-0.4, -0.2) is 28.5 Å². The fraction of sp³-hybridized carbons (Fsp3) is 0.238. The van der Waals surface area contributed by atoms with Crippen LogP contribution >= 0.6 is 11.6 Å². The van der Waals surface area contributed by atoms with E-state index in [1.807, 2.05) is 32.9 Å². The van der Waals surface area contributed by atoms with Crippen LogP contribution in [0.25, 0.3) is 22.2 Å². The lowest BCUT2D eigenvalue weighted by molar-refractivity contribution is 0.0695. The van der Waals surface area contributed by atoms with E-state index in [0.717, 1.165) is 44.4 Å². The number of aromatic carboxylic acids is 1. The Morgan fingerprint density at radius 1 is 1.15 bits per heavy atom. The van der Waals surface area contributed by atoms with Gasteiger partial charge in [0.2, 0.25) is 0 Å². The first-order valence-electron chi connectivity index (χ1n) is 8.76. The zero-order chi connectivity index (χ0) is 19.5. The Bertz CT molecular complexity index is 1140. The molecule has 0 spiro atoms. The van der Waals surface area contributed by atoms with Crippen molar-refractivity contribution in [2.45, 2.75) is 27.2 Å². The van der Waals surface area contributed by atoms with Gasteiger partial charge in [0.05, 0.1) is 16.8 Å². The number of hydrogen-bond donors (Lipinski definition) is 3. The molecule has 1 aliphatic heterocycles. The number of nitrogens with one attached hydrogen (secondary N) is 2. The minimum Gasteiger partial charge on any atom is -0.478 e. The number of carboxylic acid groups (broad SMARTS) is 1. The monoisotopic (exact) mass is 382 g/mol. The first-order valence-corrected chi connectivity index (χ1v) is 9.14. The second-order valence-electron chi connectivity index (χ2n) is 7.05. The lowest BCUT2D eigenvalue weighted by atomic mass is 9.89. The fourth-order valence-electron chi connectivity index (χ4n) is 4.30. The predicted molar refractivity (Wildman–Crippen MR) is 106 cm³/mol. The highest BCUT2D eigenvalue weighted by Gasteiger charge is 2.26. The predicted octanol–water partition coefficient (Wildman–Crippen LogP) is 4.40. The van der Waals surface area contributed by atoms with E-state index in [2.05, 4.69) is 10.3 Å². The smallest absolute Gasteiger partial charge is 0.336 e. The van der Waals surface area contributed by atoms with Crippen molar-refractivity contribution in [1.29, 1.82) is 0 Å². The third-order valence-electron chi connectivity index (χ3n) is 5.31. The fourth-order valence-corrected chi connectivity index (χ4v) is 4.52. The molecule has 3 N–H and O–H groups in total. The molecule has 0 fully saturated rings. The molecule has 0 radical (unpaired) electrons. The zero-order valence-electron chi connectivity index (χ0n) is 15.3. The summed E-state index contributed by atoms with van der Waals surface area (Å²) in [5.41, 5.74) is 6.87. The van der Waals surface area contributed by atoms with Crippen LogP contribution in [0.2, 0.25) is 5.02 Å². The van der Waals surface area contributed by atoms with Gasteiger partial charge < -0.3 is 15.4 Å². The molecule has 1 aliphatic rings. The summed E-state index contributed by atoms with van der Waals surface area (Å²) in [6.07, 6.45) is 0.658. The van der Waals surface area contributed by atoms with E-state index in [4.69, 9.17) is 11.6 Å². The molecule has 0 bridgehead atoms. The average molecular weight is 383 g/mol. The molecule has 5 nitrogen and oxygen atoms in total. The van der Waals surface area contributed by atoms with Gasteiger partial charge in [-0.15, -0.1) is 0 Å². The highest BCUT2D eigenvalue weighted by molar-refractivity contribution is 6.32. The van der Waals surface area contributed by atoms with Crippen molar-refractivity contribution >= 4 is 34.4 Å². The summed E-state index contributed by atoms with van der Waals surface area (Å²) in [5.74, 6) is -1.08. The van der Waals surface area contributed by atoms with Crippen molar-refractivity contribution in [3.05, 3.63) is 56.6 Å². The molecule has 3 aromatic rings. The van der Waals surface area contributed by atoms with Gasteiger partial charge in [0.15, 0.2) is 0 Å². The van der Waals surface area contributed by atoms with Crippen molar-refractivity contribution in [2.75, 3.05) is 6.54 Å². The number of amides is 1. The highest BCUT2D eigenvalue weighted by atomic mass is 35.5.